The van der Waals surface area contributed by atoms with Gasteiger partial charge in [0, 0.05) is 44.1 Å². The smallest absolute Gasteiger partial charge is 0.160 e. The number of hydrogen-bond donors (Lipinski definition) is 0. The van der Waals surface area contributed by atoms with Crippen molar-refractivity contribution in [2.75, 3.05) is 0 Å². The van der Waals surface area contributed by atoms with Crippen LogP contribution in [-0.4, -0.2) is 19.5 Å². The van der Waals surface area contributed by atoms with E-state index in [2.05, 4.69) is 174 Å². The lowest BCUT2D eigenvalue weighted by atomic mass is 10.0. The molecule has 0 N–H and O–H groups in total. The molecule has 3 aromatic heterocycles. The first-order valence-corrected chi connectivity index (χ1v) is 17.9. The molecule has 0 amide bonds. The zero-order chi connectivity index (χ0) is 35.1. The molecule has 0 spiro atoms. The Kier molecular flexibility index (Phi) is 7.43. The highest BCUT2D eigenvalue weighted by molar-refractivity contribution is 6.23. The topological polar surface area (TPSA) is 43.6 Å². The minimum absolute atomic E-state index is 0.680. The molecule has 10 aromatic rings. The summed E-state index contributed by atoms with van der Waals surface area (Å²) in [6, 6.07) is 67.7. The van der Waals surface area contributed by atoms with Crippen molar-refractivity contribution in [3.8, 4) is 62.0 Å². The Bertz CT molecular complexity index is 2900. The van der Waals surface area contributed by atoms with Gasteiger partial charge in [-0.1, -0.05) is 152 Å². The maximum Gasteiger partial charge on any atom is 0.160 e. The van der Waals surface area contributed by atoms with Gasteiger partial charge in [-0.3, -0.25) is 0 Å². The van der Waals surface area contributed by atoms with E-state index < -0.39 is 0 Å². The fourth-order valence-corrected chi connectivity index (χ4v) is 7.46. The number of pyridine rings is 1. The van der Waals surface area contributed by atoms with Gasteiger partial charge in [0.25, 0.3) is 0 Å². The van der Waals surface area contributed by atoms with Crippen LogP contribution >= 0.6 is 0 Å². The van der Waals surface area contributed by atoms with Crippen LogP contribution in [-0.2, 0) is 0 Å². The molecule has 4 heteroatoms. The first-order valence-electron chi connectivity index (χ1n) is 17.9. The highest BCUT2D eigenvalue weighted by Crippen LogP contribution is 2.41. The highest BCUT2D eigenvalue weighted by atomic mass is 15.0. The number of fused-ring (bicyclic) bond motifs is 5. The molecule has 53 heavy (non-hydrogen) atoms. The van der Waals surface area contributed by atoms with Crippen LogP contribution in [0.4, 0.5) is 0 Å². The van der Waals surface area contributed by atoms with Gasteiger partial charge in [0.05, 0.1) is 33.6 Å². The largest absolute Gasteiger partial charge is 0.307 e. The Morgan fingerprint density at radius 3 is 1.53 bits per heavy atom. The fraction of sp³-hybridized carbons (Fsp3) is 0. The van der Waals surface area contributed by atoms with Crippen molar-refractivity contribution in [2.24, 2.45) is 0 Å². The van der Waals surface area contributed by atoms with Crippen LogP contribution < -0.4 is 0 Å². The van der Waals surface area contributed by atoms with E-state index in [4.69, 9.17) is 15.0 Å². The van der Waals surface area contributed by atoms with Crippen LogP contribution in [0.2, 0.25) is 0 Å². The lowest BCUT2D eigenvalue weighted by Gasteiger charge is -2.13. The number of benzene rings is 7. The van der Waals surface area contributed by atoms with Crippen molar-refractivity contribution < 1.29 is 0 Å². The predicted molar refractivity (Wildman–Crippen MR) is 219 cm³/mol. The van der Waals surface area contributed by atoms with Gasteiger partial charge in [0.2, 0.25) is 0 Å². The molecule has 0 aliphatic heterocycles. The Labute approximate surface area is 307 Å². The van der Waals surface area contributed by atoms with Gasteiger partial charge in [-0.15, -0.1) is 0 Å². The van der Waals surface area contributed by atoms with Crippen molar-refractivity contribution in [3.05, 3.63) is 194 Å². The zero-order valence-electron chi connectivity index (χ0n) is 28.8. The number of para-hydroxylation sites is 2. The van der Waals surface area contributed by atoms with Crippen LogP contribution in [0.3, 0.4) is 0 Å². The molecule has 0 saturated carbocycles. The lowest BCUT2D eigenvalue weighted by Crippen LogP contribution is -1.99. The second-order valence-corrected chi connectivity index (χ2v) is 13.2. The molecule has 4 nitrogen and oxygen atoms in total. The minimum atomic E-state index is 0.680. The van der Waals surface area contributed by atoms with Gasteiger partial charge in [0.15, 0.2) is 5.82 Å². The third-order valence-corrected chi connectivity index (χ3v) is 10.0. The van der Waals surface area contributed by atoms with Crippen molar-refractivity contribution in [1.29, 1.82) is 0 Å². The summed E-state index contributed by atoms with van der Waals surface area (Å²) in [7, 11) is 0. The molecule has 248 valence electrons. The molecule has 7 aromatic carbocycles. The van der Waals surface area contributed by atoms with Crippen molar-refractivity contribution >= 4 is 32.7 Å². The van der Waals surface area contributed by atoms with E-state index in [9.17, 15) is 0 Å². The lowest BCUT2D eigenvalue weighted by molar-refractivity contribution is 1.16. The maximum atomic E-state index is 5.28. The average molecular weight is 677 g/mol. The number of nitrogens with zero attached hydrogens (tertiary/aromatic N) is 4. The Hall–Kier alpha value is -7.17. The molecule has 0 aliphatic rings. The normalized spacial score (nSPS) is 11.4. The molecule has 3 heterocycles. The third kappa shape index (κ3) is 5.45. The van der Waals surface area contributed by atoms with E-state index in [0.29, 0.717) is 5.82 Å². The van der Waals surface area contributed by atoms with Gasteiger partial charge in [-0.05, 0) is 53.6 Å². The maximum absolute atomic E-state index is 5.28. The van der Waals surface area contributed by atoms with E-state index in [1.54, 1.807) is 0 Å². The quantitative estimate of drug-likeness (QED) is 0.176. The molecule has 0 radical (unpaired) electrons. The first kappa shape index (κ1) is 30.6. The summed E-state index contributed by atoms with van der Waals surface area (Å²) in [6.45, 7) is 0. The van der Waals surface area contributed by atoms with E-state index in [0.717, 1.165) is 67.0 Å². The molecule has 0 bridgehead atoms. The molecular weight excluding hydrogens is 645 g/mol. The van der Waals surface area contributed by atoms with Crippen molar-refractivity contribution in [1.82, 2.24) is 19.5 Å². The molecule has 0 fully saturated rings. The van der Waals surface area contributed by atoms with Gasteiger partial charge in [-0.2, -0.15) is 0 Å². The highest BCUT2D eigenvalue weighted by Gasteiger charge is 2.21. The predicted octanol–water partition coefficient (Wildman–Crippen LogP) is 12.5. The monoisotopic (exact) mass is 676 g/mol. The second-order valence-electron chi connectivity index (χ2n) is 13.2. The molecule has 10 rings (SSSR count). The summed E-state index contributed by atoms with van der Waals surface area (Å²) >= 11 is 0. The number of rotatable bonds is 6. The molecule has 0 unspecified atom stereocenters. The zero-order valence-corrected chi connectivity index (χ0v) is 28.8. The molecule has 0 atom stereocenters. The summed E-state index contributed by atoms with van der Waals surface area (Å²) in [6.07, 6.45) is 0. The van der Waals surface area contributed by atoms with Gasteiger partial charge in [-0.25, -0.2) is 15.0 Å². The summed E-state index contributed by atoms with van der Waals surface area (Å²) in [5.41, 5.74) is 13.5. The van der Waals surface area contributed by atoms with Crippen LogP contribution in [0.25, 0.3) is 94.7 Å². The van der Waals surface area contributed by atoms with E-state index in [-0.39, 0.29) is 0 Å². The van der Waals surface area contributed by atoms with Gasteiger partial charge in [0.1, 0.15) is 0 Å². The third-order valence-electron chi connectivity index (χ3n) is 10.0. The standard InChI is InChI=1S/C49H32N4/c1-4-14-33(15-5-1)34-24-26-36(27-25-34)44-32-43(35-16-6-2-7-17-35)51-49(52-44)38-28-30-39(31-29-38)53-45-23-13-11-21-41(45)46-40-20-10-12-22-42(40)50-47(48(46)53)37-18-8-3-9-19-37/h1-32H. The summed E-state index contributed by atoms with van der Waals surface area (Å²) in [5, 5.41) is 3.55. The van der Waals surface area contributed by atoms with E-state index in [1.807, 2.05) is 24.3 Å². The molecule has 0 saturated heterocycles. The van der Waals surface area contributed by atoms with Crippen LogP contribution in [0.5, 0.6) is 0 Å². The Morgan fingerprint density at radius 2 is 0.849 bits per heavy atom. The summed E-state index contributed by atoms with van der Waals surface area (Å²) in [4.78, 5) is 15.5. The van der Waals surface area contributed by atoms with Crippen molar-refractivity contribution in [3.63, 3.8) is 0 Å². The average Bonchev–Trinajstić information content (AvgIpc) is 3.60. The fourth-order valence-electron chi connectivity index (χ4n) is 7.46. The number of aromatic nitrogens is 4. The molecular formula is C49H32N4. The SMILES string of the molecule is c1ccc(-c2ccc(-c3cc(-c4ccccc4)nc(-c4ccc(-n5c6ccccc6c6c7ccccc7nc(-c7ccccc7)c65)cc4)n3)cc2)cc1. The van der Waals surface area contributed by atoms with E-state index in [1.165, 1.54) is 21.9 Å². The van der Waals surface area contributed by atoms with E-state index >= 15 is 0 Å². The van der Waals surface area contributed by atoms with Gasteiger partial charge >= 0.3 is 0 Å². The van der Waals surface area contributed by atoms with Crippen LogP contribution in [0.15, 0.2) is 194 Å². The summed E-state index contributed by atoms with van der Waals surface area (Å²) < 4.78 is 2.36. The summed E-state index contributed by atoms with van der Waals surface area (Å²) in [5.74, 6) is 0.680. The Balaban J connectivity index is 1.13. The van der Waals surface area contributed by atoms with Crippen LogP contribution in [0.1, 0.15) is 0 Å². The second kappa shape index (κ2) is 12.9. The van der Waals surface area contributed by atoms with Crippen molar-refractivity contribution in [2.45, 2.75) is 0 Å². The number of hydrogen-bond acceptors (Lipinski definition) is 3. The first-order chi connectivity index (χ1) is 26.3. The van der Waals surface area contributed by atoms with Crippen LogP contribution in [0, 0.1) is 0 Å². The van der Waals surface area contributed by atoms with Gasteiger partial charge < -0.3 is 4.57 Å². The molecule has 0 aliphatic carbocycles. The minimum Gasteiger partial charge on any atom is -0.307 e. The Morgan fingerprint density at radius 1 is 0.358 bits per heavy atom.